The summed E-state index contributed by atoms with van der Waals surface area (Å²) in [6, 6.07) is 24.1. The van der Waals surface area contributed by atoms with Crippen molar-refractivity contribution in [2.45, 2.75) is 18.3 Å². The maximum absolute atomic E-state index is 14.2. The van der Waals surface area contributed by atoms with Crippen molar-refractivity contribution in [3.05, 3.63) is 107 Å². The van der Waals surface area contributed by atoms with Crippen LogP contribution in [0.25, 0.3) is 5.57 Å². The highest BCUT2D eigenvalue weighted by Gasteiger charge is 2.68. The van der Waals surface area contributed by atoms with Crippen molar-refractivity contribution >= 4 is 23.0 Å². The molecule has 1 spiro atoms. The van der Waals surface area contributed by atoms with E-state index in [2.05, 4.69) is 0 Å². The molecule has 0 aromatic heterocycles. The van der Waals surface area contributed by atoms with E-state index in [1.807, 2.05) is 67.6 Å². The molecule has 3 aromatic carbocycles. The van der Waals surface area contributed by atoms with Crippen molar-refractivity contribution < 1.29 is 19.0 Å². The number of carbonyl (C=O) groups excluding carboxylic acids is 1. The Kier molecular flexibility index (Phi) is 4.94. The molecule has 0 saturated heterocycles. The summed E-state index contributed by atoms with van der Waals surface area (Å²) < 4.78 is 19.3. The highest BCUT2D eigenvalue weighted by molar-refractivity contribution is 6.30. The van der Waals surface area contributed by atoms with E-state index in [0.717, 1.165) is 11.1 Å². The van der Waals surface area contributed by atoms with Gasteiger partial charge in [-0.05, 0) is 36.8 Å². The highest BCUT2D eigenvalue weighted by Crippen LogP contribution is 2.56. The van der Waals surface area contributed by atoms with Crippen LogP contribution < -0.4 is 4.74 Å². The van der Waals surface area contributed by atoms with Gasteiger partial charge in [0.25, 0.3) is 5.79 Å². The van der Waals surface area contributed by atoms with Crippen molar-refractivity contribution in [1.29, 1.82) is 0 Å². The first-order chi connectivity index (χ1) is 15.1. The minimum Gasteiger partial charge on any atom is -0.453 e. The molecule has 2 heterocycles. The summed E-state index contributed by atoms with van der Waals surface area (Å²) in [5.74, 6) is -1.24. The molecule has 0 unspecified atom stereocenters. The van der Waals surface area contributed by atoms with Gasteiger partial charge in [-0.2, -0.15) is 0 Å². The van der Waals surface area contributed by atoms with E-state index >= 15 is 0 Å². The van der Waals surface area contributed by atoms with Crippen molar-refractivity contribution in [3.63, 3.8) is 0 Å². The number of hydrogen-bond donors (Lipinski definition) is 0. The highest BCUT2D eigenvalue weighted by atomic mass is 35.5. The predicted octanol–water partition coefficient (Wildman–Crippen LogP) is 5.66. The monoisotopic (exact) mass is 432 g/mol. The standard InChI is InChI=1S/C26H21ClO4/c1-2-29-26(19-12-14-20(27)15-13-19)25(24(28)21-10-6-7-11-23(21)31-26)22(16-17-30-25)18-8-4-3-5-9-18/h3-16H,2,17H2,1H3/t25-,26+/m1/s1. The summed E-state index contributed by atoms with van der Waals surface area (Å²) in [7, 11) is 0. The molecule has 5 rings (SSSR count). The Bertz CT molecular complexity index is 1160. The van der Waals surface area contributed by atoms with Gasteiger partial charge in [-0.15, -0.1) is 0 Å². The molecule has 2 atom stereocenters. The summed E-state index contributed by atoms with van der Waals surface area (Å²) in [6.07, 6.45) is 1.94. The summed E-state index contributed by atoms with van der Waals surface area (Å²) in [5.41, 5.74) is 1.23. The van der Waals surface area contributed by atoms with Gasteiger partial charge in [0.1, 0.15) is 5.75 Å². The van der Waals surface area contributed by atoms with Crippen LogP contribution in [0, 0.1) is 0 Å². The summed E-state index contributed by atoms with van der Waals surface area (Å²) in [5, 5.41) is 0.582. The van der Waals surface area contributed by atoms with Gasteiger partial charge >= 0.3 is 0 Å². The smallest absolute Gasteiger partial charge is 0.278 e. The lowest BCUT2D eigenvalue weighted by Crippen LogP contribution is -2.64. The first-order valence-electron chi connectivity index (χ1n) is 10.3. The second-order valence-electron chi connectivity index (χ2n) is 7.46. The number of carbonyl (C=O) groups is 1. The largest absolute Gasteiger partial charge is 0.453 e. The van der Waals surface area contributed by atoms with Gasteiger partial charge in [-0.3, -0.25) is 4.79 Å². The van der Waals surface area contributed by atoms with Gasteiger partial charge in [0, 0.05) is 22.8 Å². The Morgan fingerprint density at radius 2 is 1.68 bits per heavy atom. The zero-order valence-corrected chi connectivity index (χ0v) is 17.8. The number of benzene rings is 3. The Morgan fingerprint density at radius 1 is 0.968 bits per heavy atom. The first-order valence-corrected chi connectivity index (χ1v) is 10.6. The lowest BCUT2D eigenvalue weighted by Gasteiger charge is -2.50. The number of hydrogen-bond acceptors (Lipinski definition) is 4. The van der Waals surface area contributed by atoms with Gasteiger partial charge < -0.3 is 14.2 Å². The number of rotatable bonds is 4. The lowest BCUT2D eigenvalue weighted by atomic mass is 9.72. The summed E-state index contributed by atoms with van der Waals surface area (Å²) >= 11 is 6.17. The quantitative estimate of drug-likeness (QED) is 0.533. The minimum absolute atomic E-state index is 0.189. The molecule has 2 aliphatic heterocycles. The maximum atomic E-state index is 14.2. The van der Waals surface area contributed by atoms with E-state index in [9.17, 15) is 4.79 Å². The molecular formula is C26H21ClO4. The zero-order valence-electron chi connectivity index (χ0n) is 17.0. The number of ketones is 1. The third-order valence-electron chi connectivity index (χ3n) is 5.79. The minimum atomic E-state index is -1.52. The lowest BCUT2D eigenvalue weighted by molar-refractivity contribution is -0.265. The molecule has 31 heavy (non-hydrogen) atoms. The van der Waals surface area contributed by atoms with Gasteiger partial charge in [0.15, 0.2) is 0 Å². The number of para-hydroxylation sites is 1. The first kappa shape index (κ1) is 20.0. The van der Waals surface area contributed by atoms with Crippen molar-refractivity contribution in [1.82, 2.24) is 0 Å². The molecular weight excluding hydrogens is 412 g/mol. The average molecular weight is 433 g/mol. The molecule has 0 N–H and O–H groups in total. The number of fused-ring (bicyclic) bond motifs is 1. The molecule has 0 saturated carbocycles. The van der Waals surface area contributed by atoms with Crippen LogP contribution in [0.3, 0.4) is 0 Å². The van der Waals surface area contributed by atoms with Crippen LogP contribution in [0.15, 0.2) is 84.9 Å². The van der Waals surface area contributed by atoms with E-state index in [1.54, 1.807) is 24.3 Å². The van der Waals surface area contributed by atoms with E-state index in [-0.39, 0.29) is 12.4 Å². The molecule has 2 aliphatic rings. The van der Waals surface area contributed by atoms with E-state index < -0.39 is 11.4 Å². The molecule has 5 heteroatoms. The summed E-state index contributed by atoms with van der Waals surface area (Å²) in [4.78, 5) is 14.2. The average Bonchev–Trinajstić information content (AvgIpc) is 3.25. The third-order valence-corrected chi connectivity index (χ3v) is 6.04. The molecule has 0 radical (unpaired) electrons. The molecule has 0 bridgehead atoms. The molecule has 156 valence electrons. The Morgan fingerprint density at radius 3 is 2.42 bits per heavy atom. The molecule has 0 fully saturated rings. The molecule has 4 nitrogen and oxygen atoms in total. The van der Waals surface area contributed by atoms with Crippen LogP contribution in [0.5, 0.6) is 5.75 Å². The van der Waals surface area contributed by atoms with Crippen LogP contribution in [-0.4, -0.2) is 24.6 Å². The maximum Gasteiger partial charge on any atom is 0.278 e. The van der Waals surface area contributed by atoms with Crippen molar-refractivity contribution in [2.75, 3.05) is 13.2 Å². The SMILES string of the molecule is CCO[C@@]1(c2ccc(Cl)cc2)Oc2ccccc2C(=O)[C@@]12OCC=C2c1ccccc1. The Hall–Kier alpha value is -2.92. The van der Waals surface area contributed by atoms with E-state index in [1.165, 1.54) is 0 Å². The number of halogens is 1. The van der Waals surface area contributed by atoms with Gasteiger partial charge in [-0.1, -0.05) is 72.3 Å². The predicted molar refractivity (Wildman–Crippen MR) is 119 cm³/mol. The molecule has 3 aromatic rings. The van der Waals surface area contributed by atoms with Gasteiger partial charge in [-0.25, -0.2) is 0 Å². The normalized spacial score (nSPS) is 24.6. The van der Waals surface area contributed by atoms with Crippen LogP contribution in [0.1, 0.15) is 28.4 Å². The second kappa shape index (κ2) is 7.65. The van der Waals surface area contributed by atoms with Crippen LogP contribution in [0.2, 0.25) is 5.02 Å². The Labute approximate surface area is 186 Å². The van der Waals surface area contributed by atoms with Gasteiger partial charge in [0.05, 0.1) is 12.2 Å². The van der Waals surface area contributed by atoms with Crippen molar-refractivity contribution in [2.24, 2.45) is 0 Å². The fourth-order valence-electron chi connectivity index (χ4n) is 4.53. The summed E-state index contributed by atoms with van der Waals surface area (Å²) in [6.45, 7) is 2.45. The van der Waals surface area contributed by atoms with Crippen molar-refractivity contribution in [3.8, 4) is 5.75 Å². The fraction of sp³-hybridized carbons (Fsp3) is 0.192. The fourth-order valence-corrected chi connectivity index (χ4v) is 4.65. The third kappa shape index (κ3) is 2.87. The van der Waals surface area contributed by atoms with E-state index in [4.69, 9.17) is 25.8 Å². The number of ether oxygens (including phenoxy) is 3. The van der Waals surface area contributed by atoms with Crippen LogP contribution in [-0.2, 0) is 15.3 Å². The van der Waals surface area contributed by atoms with Crippen LogP contribution >= 0.6 is 11.6 Å². The van der Waals surface area contributed by atoms with Gasteiger partial charge in [0.2, 0.25) is 11.4 Å². The molecule has 0 aliphatic carbocycles. The topological polar surface area (TPSA) is 44.8 Å². The van der Waals surface area contributed by atoms with Crippen LogP contribution in [0.4, 0.5) is 0 Å². The second-order valence-corrected chi connectivity index (χ2v) is 7.90. The number of Topliss-reactive ketones (excluding diaryl/α,β-unsaturated/α-hetero) is 1. The Balaban J connectivity index is 1.83. The zero-order chi connectivity index (χ0) is 21.5. The van der Waals surface area contributed by atoms with E-state index in [0.29, 0.717) is 28.5 Å². The molecule has 0 amide bonds.